The van der Waals surface area contributed by atoms with E-state index in [1.54, 1.807) is 0 Å². The maximum absolute atomic E-state index is 13.1. The summed E-state index contributed by atoms with van der Waals surface area (Å²) in [4.78, 5) is 17.6. The normalized spacial score (nSPS) is 22.0. The molecule has 2 atom stereocenters. The summed E-state index contributed by atoms with van der Waals surface area (Å²) in [5.41, 5.74) is 5.94. The maximum Gasteiger partial charge on any atom is 0.228 e. The van der Waals surface area contributed by atoms with E-state index in [1.165, 1.54) is 5.69 Å². The van der Waals surface area contributed by atoms with Crippen molar-refractivity contribution < 1.29 is 4.79 Å². The van der Waals surface area contributed by atoms with Crippen molar-refractivity contribution in [2.75, 3.05) is 5.32 Å². The van der Waals surface area contributed by atoms with Crippen LogP contribution in [0.3, 0.4) is 0 Å². The molecule has 0 saturated heterocycles. The predicted octanol–water partition coefficient (Wildman–Crippen LogP) is 4.48. The van der Waals surface area contributed by atoms with Gasteiger partial charge in [0.25, 0.3) is 0 Å². The lowest BCUT2D eigenvalue weighted by atomic mass is 9.79. The number of hydrogen-bond donors (Lipinski definition) is 1. The highest BCUT2D eigenvalue weighted by Gasteiger charge is 2.32. The van der Waals surface area contributed by atoms with Crippen molar-refractivity contribution in [2.45, 2.75) is 65.3 Å². The van der Waals surface area contributed by atoms with Gasteiger partial charge in [0.2, 0.25) is 5.91 Å². The quantitative estimate of drug-likeness (QED) is 0.659. The first-order chi connectivity index (χ1) is 15.3. The fourth-order valence-electron chi connectivity index (χ4n) is 5.33. The van der Waals surface area contributed by atoms with Gasteiger partial charge in [0.05, 0.1) is 11.9 Å². The molecule has 32 heavy (non-hydrogen) atoms. The number of nitrogens with zero attached hydrogens (tertiary/aromatic N) is 5. The number of amides is 1. The number of fused-ring (bicyclic) bond motifs is 1. The van der Waals surface area contributed by atoms with Crippen LogP contribution in [-0.2, 0) is 24.8 Å². The second kappa shape index (κ2) is 7.87. The minimum atomic E-state index is -0.0106. The number of carbonyl (C=O) groups is 1. The van der Waals surface area contributed by atoms with Gasteiger partial charge in [-0.25, -0.2) is 4.98 Å². The Labute approximate surface area is 189 Å². The van der Waals surface area contributed by atoms with Crippen LogP contribution in [0.5, 0.6) is 0 Å². The maximum atomic E-state index is 13.1. The molecule has 1 aliphatic heterocycles. The lowest BCUT2D eigenvalue weighted by Crippen LogP contribution is -2.28. The van der Waals surface area contributed by atoms with Crippen LogP contribution in [0.25, 0.3) is 11.1 Å². The molecule has 4 heterocycles. The SMILES string of the molecule is Cc1cnc(NC(=O)[C@H]2CCC[C@@H](c3ccn(C)n3)C2)cc1-c1cnn2c1CC(C)(C)C2. The molecule has 168 valence electrons. The average molecular weight is 433 g/mol. The molecule has 5 rings (SSSR count). The van der Waals surface area contributed by atoms with E-state index < -0.39 is 0 Å². The predicted molar refractivity (Wildman–Crippen MR) is 124 cm³/mol. The van der Waals surface area contributed by atoms with Gasteiger partial charge in [-0.2, -0.15) is 10.2 Å². The van der Waals surface area contributed by atoms with Crippen molar-refractivity contribution in [1.29, 1.82) is 0 Å². The lowest BCUT2D eigenvalue weighted by Gasteiger charge is -2.27. The van der Waals surface area contributed by atoms with Gasteiger partial charge >= 0.3 is 0 Å². The van der Waals surface area contributed by atoms with Gasteiger partial charge in [0, 0.05) is 49.1 Å². The van der Waals surface area contributed by atoms with E-state index >= 15 is 0 Å². The monoisotopic (exact) mass is 432 g/mol. The Balaban J connectivity index is 1.33. The molecule has 3 aromatic rings. The molecule has 2 aliphatic rings. The third-order valence-corrected chi connectivity index (χ3v) is 7.01. The molecule has 0 bridgehead atoms. The molecule has 1 amide bonds. The van der Waals surface area contributed by atoms with Crippen molar-refractivity contribution in [3.8, 4) is 11.1 Å². The molecule has 0 unspecified atom stereocenters. The molecule has 0 spiro atoms. The summed E-state index contributed by atoms with van der Waals surface area (Å²) in [5, 5.41) is 12.3. The first-order valence-corrected chi connectivity index (χ1v) is 11.6. The number of aryl methyl sites for hydroxylation is 2. The summed E-state index contributed by atoms with van der Waals surface area (Å²) in [5.74, 6) is 1.02. The first-order valence-electron chi connectivity index (χ1n) is 11.6. The Morgan fingerprint density at radius 1 is 1.22 bits per heavy atom. The van der Waals surface area contributed by atoms with Crippen molar-refractivity contribution in [2.24, 2.45) is 18.4 Å². The summed E-state index contributed by atoms with van der Waals surface area (Å²) < 4.78 is 3.96. The Bertz CT molecular complexity index is 1160. The van der Waals surface area contributed by atoms with E-state index in [2.05, 4.69) is 52.0 Å². The minimum Gasteiger partial charge on any atom is -0.310 e. The molecule has 1 fully saturated rings. The van der Waals surface area contributed by atoms with Crippen LogP contribution < -0.4 is 5.32 Å². The number of aromatic nitrogens is 5. The van der Waals surface area contributed by atoms with Crippen molar-refractivity contribution >= 4 is 11.7 Å². The van der Waals surface area contributed by atoms with E-state index in [4.69, 9.17) is 0 Å². The molecule has 0 aromatic carbocycles. The molecule has 1 saturated carbocycles. The molecule has 7 heteroatoms. The zero-order chi connectivity index (χ0) is 22.5. The number of pyridine rings is 1. The molecule has 3 aromatic heterocycles. The van der Waals surface area contributed by atoms with E-state index in [0.29, 0.717) is 11.7 Å². The first kappa shape index (κ1) is 20.9. The zero-order valence-corrected chi connectivity index (χ0v) is 19.4. The van der Waals surface area contributed by atoms with Gasteiger partial charge in [-0.05, 0) is 61.3 Å². The highest BCUT2D eigenvalue weighted by atomic mass is 16.1. The Hall–Kier alpha value is -2.96. The van der Waals surface area contributed by atoms with Gasteiger partial charge in [-0.1, -0.05) is 20.3 Å². The molecule has 0 radical (unpaired) electrons. The van der Waals surface area contributed by atoms with Gasteiger partial charge < -0.3 is 5.32 Å². The van der Waals surface area contributed by atoms with E-state index in [1.807, 2.05) is 36.4 Å². The van der Waals surface area contributed by atoms with Crippen LogP contribution in [-0.4, -0.2) is 30.5 Å². The lowest BCUT2D eigenvalue weighted by molar-refractivity contribution is -0.121. The Morgan fingerprint density at radius 3 is 2.84 bits per heavy atom. The minimum absolute atomic E-state index is 0.0106. The van der Waals surface area contributed by atoms with E-state index in [9.17, 15) is 4.79 Å². The molecule has 1 N–H and O–H groups in total. The van der Waals surface area contributed by atoms with Gasteiger partial charge in [0.15, 0.2) is 0 Å². The third kappa shape index (κ3) is 3.96. The van der Waals surface area contributed by atoms with E-state index in [0.717, 1.165) is 61.0 Å². The average Bonchev–Trinajstić information content (AvgIpc) is 3.43. The molecule has 1 aliphatic carbocycles. The van der Waals surface area contributed by atoms with Crippen LogP contribution >= 0.6 is 0 Å². The number of nitrogens with one attached hydrogen (secondary N) is 1. The second-order valence-corrected chi connectivity index (χ2v) is 10.4. The van der Waals surface area contributed by atoms with E-state index in [-0.39, 0.29) is 17.2 Å². The Morgan fingerprint density at radius 2 is 2.06 bits per heavy atom. The summed E-state index contributed by atoms with van der Waals surface area (Å²) in [6.07, 6.45) is 10.7. The Kier molecular flexibility index (Phi) is 5.14. The topological polar surface area (TPSA) is 77.6 Å². The van der Waals surface area contributed by atoms with Crippen molar-refractivity contribution in [1.82, 2.24) is 24.5 Å². The fourth-order valence-corrected chi connectivity index (χ4v) is 5.33. The van der Waals surface area contributed by atoms with Crippen LogP contribution in [0, 0.1) is 18.3 Å². The smallest absolute Gasteiger partial charge is 0.228 e. The summed E-state index contributed by atoms with van der Waals surface area (Å²) in [7, 11) is 1.94. The van der Waals surface area contributed by atoms with Gasteiger partial charge in [0.1, 0.15) is 5.82 Å². The van der Waals surface area contributed by atoms with Gasteiger partial charge in [-0.15, -0.1) is 0 Å². The highest BCUT2D eigenvalue weighted by Crippen LogP contribution is 2.39. The number of anilines is 1. The molecular weight excluding hydrogens is 400 g/mol. The van der Waals surface area contributed by atoms with Crippen LogP contribution in [0.1, 0.15) is 62.4 Å². The zero-order valence-electron chi connectivity index (χ0n) is 19.4. The van der Waals surface area contributed by atoms with Crippen molar-refractivity contribution in [3.63, 3.8) is 0 Å². The number of carbonyl (C=O) groups excluding carboxylic acids is 1. The van der Waals surface area contributed by atoms with Crippen LogP contribution in [0.4, 0.5) is 5.82 Å². The highest BCUT2D eigenvalue weighted by molar-refractivity contribution is 5.92. The molecular formula is C25H32N6O. The standard InChI is InChI=1S/C25H32N6O/c1-16-13-26-23(11-19(16)20-14-27-31-15-25(2,3)12-22(20)31)28-24(32)18-7-5-6-17(10-18)21-8-9-30(4)29-21/h8-9,11,13-14,17-18H,5-7,10,12,15H2,1-4H3,(H,26,28,32)/t17-,18+/m1/s1. The van der Waals surface area contributed by atoms with Crippen LogP contribution in [0.2, 0.25) is 0 Å². The fraction of sp³-hybridized carbons (Fsp3) is 0.520. The number of hydrogen-bond acceptors (Lipinski definition) is 4. The van der Waals surface area contributed by atoms with Gasteiger partial charge in [-0.3, -0.25) is 14.2 Å². The molecule has 7 nitrogen and oxygen atoms in total. The second-order valence-electron chi connectivity index (χ2n) is 10.4. The summed E-state index contributed by atoms with van der Waals surface area (Å²) in [6, 6.07) is 4.08. The van der Waals surface area contributed by atoms with Crippen molar-refractivity contribution in [3.05, 3.63) is 47.7 Å². The largest absolute Gasteiger partial charge is 0.310 e. The number of rotatable bonds is 4. The van der Waals surface area contributed by atoms with Crippen LogP contribution in [0.15, 0.2) is 30.7 Å². The third-order valence-electron chi connectivity index (χ3n) is 7.01. The summed E-state index contributed by atoms with van der Waals surface area (Å²) in [6.45, 7) is 7.56. The summed E-state index contributed by atoms with van der Waals surface area (Å²) >= 11 is 0.